The number of hydrogen-bond acceptors (Lipinski definition) is 4. The van der Waals surface area contributed by atoms with Crippen LogP contribution in [0.4, 0.5) is 0 Å². The van der Waals surface area contributed by atoms with E-state index in [1.54, 1.807) is 24.5 Å². The molecule has 1 aliphatic rings. The summed E-state index contributed by atoms with van der Waals surface area (Å²) in [5.74, 6) is -0.0345. The van der Waals surface area contributed by atoms with Crippen molar-refractivity contribution in [1.82, 2.24) is 15.2 Å². The Morgan fingerprint density at radius 1 is 1.15 bits per heavy atom. The Hall–Kier alpha value is -0.930. The van der Waals surface area contributed by atoms with Crippen LogP contribution in [0.3, 0.4) is 0 Å². The molecule has 2 N–H and O–H groups in total. The fourth-order valence-electron chi connectivity index (χ4n) is 3.08. The molecule has 0 spiro atoms. The van der Waals surface area contributed by atoms with Crippen molar-refractivity contribution in [2.75, 3.05) is 13.1 Å². The maximum absolute atomic E-state index is 13.0. The van der Waals surface area contributed by atoms with Crippen LogP contribution in [0.15, 0.2) is 48.8 Å². The van der Waals surface area contributed by atoms with E-state index < -0.39 is 12.1 Å². The highest BCUT2D eigenvalue weighted by atomic mass is 127. The maximum atomic E-state index is 13.0. The molecule has 148 valence electrons. The highest BCUT2D eigenvalue weighted by molar-refractivity contribution is 14.1. The van der Waals surface area contributed by atoms with Gasteiger partial charge < -0.3 is 10.0 Å². The number of pyridine rings is 1. The van der Waals surface area contributed by atoms with Crippen LogP contribution < -0.4 is 5.32 Å². The molecule has 1 saturated heterocycles. The lowest BCUT2D eigenvalue weighted by Gasteiger charge is -2.28. The lowest BCUT2D eigenvalue weighted by atomic mass is 10.0. The van der Waals surface area contributed by atoms with Crippen molar-refractivity contribution >= 4 is 53.3 Å². The van der Waals surface area contributed by atoms with E-state index in [9.17, 15) is 9.90 Å². The molecule has 3 rings (SSSR count). The molecule has 2 atom stereocenters. The van der Waals surface area contributed by atoms with E-state index in [0.29, 0.717) is 12.1 Å². The maximum Gasteiger partial charge on any atom is 0.242 e. The second-order valence-corrected chi connectivity index (χ2v) is 7.37. The number of nitrogens with zero attached hydrogens (tertiary/aromatic N) is 2. The Kier molecular flexibility index (Phi) is 10.5. The van der Waals surface area contributed by atoms with E-state index in [1.165, 1.54) is 0 Å². The number of carbonyl (C=O) groups is 1. The van der Waals surface area contributed by atoms with Gasteiger partial charge in [0, 0.05) is 35.6 Å². The third-order valence-electron chi connectivity index (χ3n) is 4.52. The first kappa shape index (κ1) is 24.1. The number of aromatic nitrogens is 1. The summed E-state index contributed by atoms with van der Waals surface area (Å²) in [7, 11) is 0. The van der Waals surface area contributed by atoms with Gasteiger partial charge in [-0.25, -0.2) is 0 Å². The molecule has 2 aromatic rings. The molecule has 1 aromatic heterocycles. The largest absolute Gasteiger partial charge is 0.386 e. The molecule has 1 aromatic carbocycles. The number of hydrogen-bond donors (Lipinski definition) is 2. The van der Waals surface area contributed by atoms with Crippen molar-refractivity contribution in [2.45, 2.75) is 31.5 Å². The first-order chi connectivity index (χ1) is 12.2. The Morgan fingerprint density at radius 3 is 2.41 bits per heavy atom. The summed E-state index contributed by atoms with van der Waals surface area (Å²) in [5.41, 5.74) is 1.81. The predicted molar refractivity (Wildman–Crippen MR) is 119 cm³/mol. The van der Waals surface area contributed by atoms with Crippen LogP contribution in [-0.2, 0) is 11.3 Å². The van der Waals surface area contributed by atoms with Gasteiger partial charge in [-0.15, -0.1) is 24.8 Å². The van der Waals surface area contributed by atoms with E-state index in [2.05, 4.69) is 32.9 Å². The lowest BCUT2D eigenvalue weighted by molar-refractivity contribution is -0.135. The number of rotatable bonds is 6. The fourth-order valence-corrected chi connectivity index (χ4v) is 3.66. The Labute approximate surface area is 185 Å². The number of aliphatic hydroxyl groups is 1. The smallest absolute Gasteiger partial charge is 0.242 e. The van der Waals surface area contributed by atoms with Crippen LogP contribution in [0.1, 0.15) is 30.1 Å². The monoisotopic (exact) mass is 523 g/mol. The van der Waals surface area contributed by atoms with Gasteiger partial charge in [-0.1, -0.05) is 18.2 Å². The zero-order valence-electron chi connectivity index (χ0n) is 14.8. The Bertz CT molecular complexity index is 715. The summed E-state index contributed by atoms with van der Waals surface area (Å²) in [4.78, 5) is 18.8. The minimum Gasteiger partial charge on any atom is -0.386 e. The number of amides is 1. The van der Waals surface area contributed by atoms with Crippen LogP contribution in [0.2, 0.25) is 0 Å². The molecule has 0 saturated carbocycles. The van der Waals surface area contributed by atoms with Gasteiger partial charge in [0.2, 0.25) is 5.91 Å². The summed E-state index contributed by atoms with van der Waals surface area (Å²) in [6.45, 7) is 2.07. The molecule has 2 heterocycles. The van der Waals surface area contributed by atoms with Crippen molar-refractivity contribution in [3.8, 4) is 0 Å². The van der Waals surface area contributed by atoms with Crippen LogP contribution >= 0.6 is 47.4 Å². The number of aliphatic hydroxyl groups excluding tert-OH is 1. The minimum absolute atomic E-state index is 0. The van der Waals surface area contributed by atoms with Gasteiger partial charge in [-0.05, 0) is 64.8 Å². The molecule has 8 heteroatoms. The highest BCUT2D eigenvalue weighted by Gasteiger charge is 2.32. The highest BCUT2D eigenvalue weighted by Crippen LogP contribution is 2.21. The second-order valence-electron chi connectivity index (χ2n) is 6.21. The van der Waals surface area contributed by atoms with Crippen LogP contribution in [0.5, 0.6) is 0 Å². The first-order valence-electron chi connectivity index (χ1n) is 8.50. The van der Waals surface area contributed by atoms with Gasteiger partial charge in [0.1, 0.15) is 12.1 Å². The van der Waals surface area contributed by atoms with Crippen molar-refractivity contribution < 1.29 is 9.90 Å². The van der Waals surface area contributed by atoms with Crippen molar-refractivity contribution in [1.29, 1.82) is 0 Å². The molecule has 2 unspecified atom stereocenters. The quantitative estimate of drug-likeness (QED) is 0.570. The number of benzene rings is 1. The van der Waals surface area contributed by atoms with Gasteiger partial charge in [0.05, 0.1) is 0 Å². The number of nitrogens with one attached hydrogen (secondary N) is 1. The second kappa shape index (κ2) is 11.8. The molecule has 1 fully saturated rings. The van der Waals surface area contributed by atoms with Crippen molar-refractivity contribution in [2.24, 2.45) is 0 Å². The first-order valence-corrected chi connectivity index (χ1v) is 9.58. The summed E-state index contributed by atoms with van der Waals surface area (Å²) in [6.07, 6.45) is 4.42. The van der Waals surface area contributed by atoms with Crippen molar-refractivity contribution in [3.05, 3.63) is 63.5 Å². The van der Waals surface area contributed by atoms with Gasteiger partial charge in [0.25, 0.3) is 0 Å². The molecule has 1 aliphatic heterocycles. The fraction of sp³-hybridized carbons (Fsp3) is 0.368. The van der Waals surface area contributed by atoms with Crippen molar-refractivity contribution in [3.63, 3.8) is 0 Å². The molecular weight excluding hydrogens is 500 g/mol. The zero-order chi connectivity index (χ0) is 17.6. The SMILES string of the molecule is Cl.Cl.O=C(C(NCc1ccccc1I)C(O)c1ccncc1)N1CCCC1. The molecule has 27 heavy (non-hydrogen) atoms. The summed E-state index contributed by atoms with van der Waals surface area (Å²) in [6, 6.07) is 10.9. The number of carbonyl (C=O) groups excluding carboxylic acids is 1. The Balaban J connectivity index is 0.00000182. The Morgan fingerprint density at radius 2 is 1.78 bits per heavy atom. The predicted octanol–water partition coefficient (Wildman–Crippen LogP) is 3.34. The van der Waals surface area contributed by atoms with E-state index in [0.717, 1.165) is 35.1 Å². The summed E-state index contributed by atoms with van der Waals surface area (Å²) >= 11 is 2.29. The van der Waals surface area contributed by atoms with E-state index in [4.69, 9.17) is 0 Å². The molecule has 0 bridgehead atoms. The van der Waals surface area contributed by atoms with Crippen LogP contribution in [0.25, 0.3) is 0 Å². The minimum atomic E-state index is -0.905. The topological polar surface area (TPSA) is 65.5 Å². The summed E-state index contributed by atoms with van der Waals surface area (Å²) < 4.78 is 1.14. The molecular formula is C19H24Cl2IN3O2. The third kappa shape index (κ3) is 6.29. The van der Waals surface area contributed by atoms with Gasteiger partial charge in [-0.2, -0.15) is 0 Å². The van der Waals surface area contributed by atoms with E-state index >= 15 is 0 Å². The van der Waals surface area contributed by atoms with Crippen LogP contribution in [0, 0.1) is 3.57 Å². The third-order valence-corrected chi connectivity index (χ3v) is 5.57. The average molecular weight is 524 g/mol. The zero-order valence-corrected chi connectivity index (χ0v) is 18.5. The lowest BCUT2D eigenvalue weighted by Crippen LogP contribution is -2.48. The normalized spacial score (nSPS) is 15.4. The van der Waals surface area contributed by atoms with Crippen LogP contribution in [-0.4, -0.2) is 40.0 Å². The van der Waals surface area contributed by atoms with E-state index in [1.807, 2.05) is 29.2 Å². The van der Waals surface area contributed by atoms with Gasteiger partial charge >= 0.3 is 0 Å². The summed E-state index contributed by atoms with van der Waals surface area (Å²) in [5, 5.41) is 14.1. The molecule has 0 aliphatic carbocycles. The number of halogens is 3. The molecule has 0 radical (unpaired) electrons. The van der Waals surface area contributed by atoms with E-state index in [-0.39, 0.29) is 30.7 Å². The van der Waals surface area contributed by atoms with Gasteiger partial charge in [0.15, 0.2) is 0 Å². The average Bonchev–Trinajstić information content (AvgIpc) is 3.18. The number of likely N-dealkylation sites (tertiary alicyclic amines) is 1. The molecule has 1 amide bonds. The molecule has 5 nitrogen and oxygen atoms in total. The van der Waals surface area contributed by atoms with Gasteiger partial charge in [-0.3, -0.25) is 15.1 Å². The standard InChI is InChI=1S/C19H22IN3O2.2ClH/c20-16-6-2-1-5-15(16)13-22-17(19(25)23-11-3-4-12-23)18(24)14-7-9-21-10-8-14;;/h1-2,5-10,17-18,22,24H,3-4,11-13H2;2*1H.